The number of carbonyl (C=O) groups is 1. The number of halogens is 1. The summed E-state index contributed by atoms with van der Waals surface area (Å²) in [4.78, 5) is 11.6. The van der Waals surface area contributed by atoms with Crippen molar-refractivity contribution in [3.05, 3.63) is 41.4 Å². The van der Waals surface area contributed by atoms with Crippen LogP contribution in [0.5, 0.6) is 5.75 Å². The molecule has 1 amide bonds. The van der Waals surface area contributed by atoms with Crippen molar-refractivity contribution >= 4 is 17.5 Å². The Bertz CT molecular complexity index is 460. The summed E-state index contributed by atoms with van der Waals surface area (Å²) in [5, 5.41) is 12.4. The van der Waals surface area contributed by atoms with Gasteiger partial charge in [0.25, 0.3) is 5.91 Å². The molecule has 1 aromatic carbocycles. The topological polar surface area (TPSA) is 58.6 Å². The number of carbonyl (C=O) groups excluding carboxylic acids is 1. The number of benzene rings is 1. The van der Waals surface area contributed by atoms with Gasteiger partial charge in [0.2, 0.25) is 0 Å². The van der Waals surface area contributed by atoms with Crippen LogP contribution in [-0.2, 0) is 4.79 Å². The van der Waals surface area contributed by atoms with Gasteiger partial charge in [-0.2, -0.15) is 0 Å². The lowest BCUT2D eigenvalue weighted by Gasteiger charge is -2.16. The lowest BCUT2D eigenvalue weighted by molar-refractivity contribution is -0.127. The van der Waals surface area contributed by atoms with Gasteiger partial charge in [-0.25, -0.2) is 0 Å². The molecule has 2 unspecified atom stereocenters. The molecular weight excluding hydrogens is 266 g/mol. The number of nitrogens with one attached hydrogen (secondary N) is 1. The van der Waals surface area contributed by atoms with Crippen LogP contribution in [0, 0.1) is 0 Å². The minimum atomic E-state index is -0.658. The fraction of sp³-hybridized carbons (Fsp3) is 0.357. The van der Waals surface area contributed by atoms with E-state index in [0.29, 0.717) is 22.9 Å². The largest absolute Gasteiger partial charge is 0.479 e. The SMILES string of the molecule is C=CCNC(=O)C(C)Oc1ccc(C(C)O)cc1Cl. The third-order valence-electron chi connectivity index (χ3n) is 2.53. The second-order valence-electron chi connectivity index (χ2n) is 4.16. The number of aliphatic hydroxyl groups is 1. The van der Waals surface area contributed by atoms with Gasteiger partial charge >= 0.3 is 0 Å². The molecule has 0 heterocycles. The van der Waals surface area contributed by atoms with Crippen LogP contribution >= 0.6 is 11.6 Å². The highest BCUT2D eigenvalue weighted by molar-refractivity contribution is 6.32. The van der Waals surface area contributed by atoms with E-state index in [1.165, 1.54) is 0 Å². The molecule has 0 aliphatic carbocycles. The number of hydrogen-bond donors (Lipinski definition) is 2. The van der Waals surface area contributed by atoms with Gasteiger partial charge in [0.05, 0.1) is 11.1 Å². The predicted molar refractivity (Wildman–Crippen MR) is 75.4 cm³/mol. The van der Waals surface area contributed by atoms with Crippen molar-refractivity contribution < 1.29 is 14.6 Å². The molecule has 0 aliphatic rings. The molecule has 1 aromatic rings. The van der Waals surface area contributed by atoms with Crippen LogP contribution in [0.25, 0.3) is 0 Å². The monoisotopic (exact) mass is 283 g/mol. The van der Waals surface area contributed by atoms with Gasteiger partial charge in [0.1, 0.15) is 5.75 Å². The van der Waals surface area contributed by atoms with E-state index < -0.39 is 12.2 Å². The number of aliphatic hydroxyl groups excluding tert-OH is 1. The van der Waals surface area contributed by atoms with Crippen molar-refractivity contribution in [1.29, 1.82) is 0 Å². The van der Waals surface area contributed by atoms with E-state index in [9.17, 15) is 9.90 Å². The van der Waals surface area contributed by atoms with Crippen LogP contribution in [0.4, 0.5) is 0 Å². The van der Waals surface area contributed by atoms with E-state index in [1.54, 1.807) is 38.1 Å². The molecule has 0 saturated heterocycles. The van der Waals surface area contributed by atoms with Crippen molar-refractivity contribution in [2.24, 2.45) is 0 Å². The van der Waals surface area contributed by atoms with Crippen LogP contribution in [0.2, 0.25) is 5.02 Å². The van der Waals surface area contributed by atoms with Crippen LogP contribution in [0.15, 0.2) is 30.9 Å². The summed E-state index contributed by atoms with van der Waals surface area (Å²) in [5.41, 5.74) is 0.695. The summed E-state index contributed by atoms with van der Waals surface area (Å²) in [5.74, 6) is 0.169. The van der Waals surface area contributed by atoms with Crippen molar-refractivity contribution in [1.82, 2.24) is 5.32 Å². The molecule has 4 nitrogen and oxygen atoms in total. The van der Waals surface area contributed by atoms with Gasteiger partial charge in [-0.15, -0.1) is 6.58 Å². The summed E-state index contributed by atoms with van der Waals surface area (Å²) in [6.45, 7) is 7.19. The maximum Gasteiger partial charge on any atom is 0.261 e. The summed E-state index contributed by atoms with van der Waals surface area (Å²) >= 11 is 6.04. The summed E-state index contributed by atoms with van der Waals surface area (Å²) < 4.78 is 5.48. The van der Waals surface area contributed by atoms with Crippen molar-refractivity contribution in [3.63, 3.8) is 0 Å². The first kappa shape index (κ1) is 15.5. The molecular formula is C14H18ClNO3. The van der Waals surface area contributed by atoms with Gasteiger partial charge in [-0.1, -0.05) is 23.7 Å². The Kier molecular flexibility index (Phi) is 5.86. The van der Waals surface area contributed by atoms with Crippen LogP contribution < -0.4 is 10.1 Å². The minimum Gasteiger partial charge on any atom is -0.479 e. The van der Waals surface area contributed by atoms with Crippen molar-refractivity contribution in [3.8, 4) is 5.75 Å². The number of rotatable bonds is 6. The Morgan fingerprint density at radius 2 is 2.26 bits per heavy atom. The molecule has 0 radical (unpaired) electrons. The smallest absolute Gasteiger partial charge is 0.261 e. The Balaban J connectivity index is 2.71. The molecule has 0 saturated carbocycles. The third kappa shape index (κ3) is 4.58. The standard InChI is InChI=1S/C14H18ClNO3/c1-4-7-16-14(18)10(3)19-13-6-5-11(9(2)17)8-12(13)15/h4-6,8-10,17H,1,7H2,2-3H3,(H,16,18). The van der Waals surface area contributed by atoms with E-state index in [-0.39, 0.29) is 5.91 Å². The zero-order chi connectivity index (χ0) is 14.4. The average molecular weight is 284 g/mol. The highest BCUT2D eigenvalue weighted by atomic mass is 35.5. The highest BCUT2D eigenvalue weighted by Gasteiger charge is 2.15. The van der Waals surface area contributed by atoms with Gasteiger partial charge in [-0.05, 0) is 31.5 Å². The van der Waals surface area contributed by atoms with Crippen molar-refractivity contribution in [2.75, 3.05) is 6.54 Å². The Morgan fingerprint density at radius 1 is 1.58 bits per heavy atom. The van der Waals surface area contributed by atoms with Gasteiger partial charge < -0.3 is 15.2 Å². The van der Waals surface area contributed by atoms with Crippen LogP contribution in [0.3, 0.4) is 0 Å². The molecule has 0 spiro atoms. The Morgan fingerprint density at radius 3 is 2.79 bits per heavy atom. The third-order valence-corrected chi connectivity index (χ3v) is 2.83. The molecule has 0 aliphatic heterocycles. The first-order chi connectivity index (χ1) is 8.95. The molecule has 19 heavy (non-hydrogen) atoms. The van der Waals surface area contributed by atoms with E-state index >= 15 is 0 Å². The van der Waals surface area contributed by atoms with E-state index in [0.717, 1.165) is 0 Å². The first-order valence-corrected chi connectivity index (χ1v) is 6.36. The van der Waals surface area contributed by atoms with Crippen LogP contribution in [0.1, 0.15) is 25.5 Å². The maximum atomic E-state index is 11.6. The zero-order valence-electron chi connectivity index (χ0n) is 11.0. The molecule has 0 aromatic heterocycles. The second-order valence-corrected chi connectivity index (χ2v) is 4.57. The van der Waals surface area contributed by atoms with Crippen LogP contribution in [-0.4, -0.2) is 23.7 Å². The van der Waals surface area contributed by atoms with Gasteiger partial charge in [0, 0.05) is 6.54 Å². The van der Waals surface area contributed by atoms with E-state index in [1.807, 2.05) is 0 Å². The highest BCUT2D eigenvalue weighted by Crippen LogP contribution is 2.28. The molecule has 2 N–H and O–H groups in total. The van der Waals surface area contributed by atoms with E-state index in [4.69, 9.17) is 16.3 Å². The normalized spacial score (nSPS) is 13.5. The molecule has 1 rings (SSSR count). The number of amides is 1. The summed E-state index contributed by atoms with van der Waals surface area (Å²) in [6.07, 6.45) is 0.337. The average Bonchev–Trinajstić information content (AvgIpc) is 2.37. The first-order valence-electron chi connectivity index (χ1n) is 5.98. The van der Waals surface area contributed by atoms with E-state index in [2.05, 4.69) is 11.9 Å². The lowest BCUT2D eigenvalue weighted by atomic mass is 10.1. The van der Waals surface area contributed by atoms with Gasteiger partial charge in [0.15, 0.2) is 6.10 Å². The van der Waals surface area contributed by atoms with Gasteiger partial charge in [-0.3, -0.25) is 4.79 Å². The fourth-order valence-corrected chi connectivity index (χ4v) is 1.67. The zero-order valence-corrected chi connectivity index (χ0v) is 11.8. The predicted octanol–water partition coefficient (Wildman–Crippen LogP) is 2.46. The molecule has 0 fully saturated rings. The Hall–Kier alpha value is -1.52. The summed E-state index contributed by atoms with van der Waals surface area (Å²) in [6, 6.07) is 4.97. The van der Waals surface area contributed by atoms with Crippen molar-refractivity contribution in [2.45, 2.75) is 26.1 Å². The second kappa shape index (κ2) is 7.16. The summed E-state index contributed by atoms with van der Waals surface area (Å²) in [7, 11) is 0. The Labute approximate surface area is 118 Å². The number of hydrogen-bond acceptors (Lipinski definition) is 3. The molecule has 104 valence electrons. The fourth-order valence-electron chi connectivity index (χ4n) is 1.43. The quantitative estimate of drug-likeness (QED) is 0.789. The molecule has 2 atom stereocenters. The maximum absolute atomic E-state index is 11.6. The lowest BCUT2D eigenvalue weighted by Crippen LogP contribution is -2.36. The molecule has 5 heteroatoms. The number of ether oxygens (including phenoxy) is 1. The molecule has 0 bridgehead atoms. The minimum absolute atomic E-state index is 0.240.